The average molecular weight is 372 g/mol. The maximum atomic E-state index is 12.4. The van der Waals surface area contributed by atoms with Crippen LogP contribution < -0.4 is 0 Å². The first-order valence-electron chi connectivity index (χ1n) is 7.02. The Morgan fingerprint density at radius 2 is 1.78 bits per heavy atom. The number of hydrogen-bond donors (Lipinski definition) is 0. The zero-order valence-corrected chi connectivity index (χ0v) is 14.0. The van der Waals surface area contributed by atoms with Crippen molar-refractivity contribution in [3.8, 4) is 11.5 Å². The SMILES string of the molecule is CN(Cc1nnc(-c2ccccc2)o1)C(=O)c1ccc(Br)cc1. The van der Waals surface area contributed by atoms with Gasteiger partial charge < -0.3 is 9.32 Å². The van der Waals surface area contributed by atoms with E-state index in [0.717, 1.165) is 10.0 Å². The fourth-order valence-electron chi connectivity index (χ4n) is 2.10. The van der Waals surface area contributed by atoms with Gasteiger partial charge in [-0.15, -0.1) is 10.2 Å². The van der Waals surface area contributed by atoms with E-state index in [2.05, 4.69) is 26.1 Å². The maximum absolute atomic E-state index is 12.4. The lowest BCUT2D eigenvalue weighted by Gasteiger charge is -2.14. The van der Waals surface area contributed by atoms with Crippen LogP contribution in [0.25, 0.3) is 11.5 Å². The monoisotopic (exact) mass is 371 g/mol. The minimum absolute atomic E-state index is 0.100. The Morgan fingerprint density at radius 1 is 1.09 bits per heavy atom. The van der Waals surface area contributed by atoms with Crippen molar-refractivity contribution in [2.75, 3.05) is 7.05 Å². The molecule has 1 heterocycles. The van der Waals surface area contributed by atoms with Gasteiger partial charge in [-0.2, -0.15) is 0 Å². The largest absolute Gasteiger partial charge is 0.419 e. The second-order valence-electron chi connectivity index (χ2n) is 5.04. The minimum Gasteiger partial charge on any atom is -0.419 e. The first kappa shape index (κ1) is 15.4. The number of aromatic nitrogens is 2. The van der Waals surface area contributed by atoms with Gasteiger partial charge in [-0.25, -0.2) is 0 Å². The van der Waals surface area contributed by atoms with Crippen LogP contribution in [0.4, 0.5) is 0 Å². The third-order valence-electron chi connectivity index (χ3n) is 3.30. The average Bonchev–Trinajstić information content (AvgIpc) is 3.04. The van der Waals surface area contributed by atoms with Gasteiger partial charge in [0.25, 0.3) is 5.91 Å². The Bertz CT molecular complexity index is 800. The summed E-state index contributed by atoms with van der Waals surface area (Å²) in [5, 5.41) is 8.03. The van der Waals surface area contributed by atoms with E-state index in [0.29, 0.717) is 17.3 Å². The quantitative estimate of drug-likeness (QED) is 0.700. The van der Waals surface area contributed by atoms with Crippen molar-refractivity contribution in [3.63, 3.8) is 0 Å². The summed E-state index contributed by atoms with van der Waals surface area (Å²) < 4.78 is 6.55. The molecule has 0 aliphatic carbocycles. The van der Waals surface area contributed by atoms with Gasteiger partial charge in [-0.1, -0.05) is 34.1 Å². The van der Waals surface area contributed by atoms with Crippen LogP contribution in [0.15, 0.2) is 63.5 Å². The van der Waals surface area contributed by atoms with E-state index in [-0.39, 0.29) is 12.5 Å². The zero-order valence-electron chi connectivity index (χ0n) is 12.4. The van der Waals surface area contributed by atoms with Gasteiger partial charge in [0.2, 0.25) is 11.8 Å². The van der Waals surface area contributed by atoms with Crippen LogP contribution in [0.2, 0.25) is 0 Å². The van der Waals surface area contributed by atoms with Crippen LogP contribution in [0.1, 0.15) is 16.2 Å². The number of amides is 1. The molecule has 0 saturated heterocycles. The molecule has 3 rings (SSSR count). The van der Waals surface area contributed by atoms with Gasteiger partial charge in [0.1, 0.15) is 0 Å². The molecular weight excluding hydrogens is 358 g/mol. The number of hydrogen-bond acceptors (Lipinski definition) is 4. The second-order valence-corrected chi connectivity index (χ2v) is 5.95. The third kappa shape index (κ3) is 3.65. The van der Waals surface area contributed by atoms with E-state index >= 15 is 0 Å². The Kier molecular flexibility index (Phi) is 4.52. The number of rotatable bonds is 4. The Labute approximate surface area is 142 Å². The number of carbonyl (C=O) groups is 1. The highest BCUT2D eigenvalue weighted by molar-refractivity contribution is 9.10. The molecule has 116 valence electrons. The van der Waals surface area contributed by atoms with E-state index in [9.17, 15) is 4.79 Å². The van der Waals surface area contributed by atoms with Crippen LogP contribution in [-0.4, -0.2) is 28.1 Å². The Balaban J connectivity index is 1.71. The molecule has 0 aliphatic heterocycles. The molecule has 1 aromatic heterocycles. The molecule has 5 nitrogen and oxygen atoms in total. The molecular formula is C17H14BrN3O2. The van der Waals surface area contributed by atoms with E-state index < -0.39 is 0 Å². The van der Waals surface area contributed by atoms with Crippen molar-refractivity contribution in [2.45, 2.75) is 6.54 Å². The molecule has 0 spiro atoms. The van der Waals surface area contributed by atoms with Gasteiger partial charge in [0.15, 0.2) is 0 Å². The van der Waals surface area contributed by atoms with Gasteiger partial charge in [-0.05, 0) is 36.4 Å². The van der Waals surface area contributed by atoms with Crippen LogP contribution in [0.5, 0.6) is 0 Å². The molecule has 0 N–H and O–H groups in total. The molecule has 2 aromatic carbocycles. The number of halogens is 1. The summed E-state index contributed by atoms with van der Waals surface area (Å²) in [7, 11) is 1.71. The van der Waals surface area contributed by atoms with E-state index in [1.54, 1.807) is 24.1 Å². The van der Waals surface area contributed by atoms with Crippen molar-refractivity contribution in [2.24, 2.45) is 0 Å². The van der Waals surface area contributed by atoms with Crippen molar-refractivity contribution in [1.29, 1.82) is 0 Å². The summed E-state index contributed by atoms with van der Waals surface area (Å²) in [6.07, 6.45) is 0. The van der Waals surface area contributed by atoms with Crippen molar-refractivity contribution in [3.05, 3.63) is 70.5 Å². The predicted molar refractivity (Wildman–Crippen MR) is 89.7 cm³/mol. The maximum Gasteiger partial charge on any atom is 0.254 e. The molecule has 0 fully saturated rings. The van der Waals surface area contributed by atoms with Gasteiger partial charge >= 0.3 is 0 Å². The topological polar surface area (TPSA) is 59.2 Å². The summed E-state index contributed by atoms with van der Waals surface area (Å²) in [6.45, 7) is 0.259. The fraction of sp³-hybridized carbons (Fsp3) is 0.118. The summed E-state index contributed by atoms with van der Waals surface area (Å²) in [6, 6.07) is 16.7. The molecule has 0 atom stereocenters. The first-order valence-corrected chi connectivity index (χ1v) is 7.81. The molecule has 0 radical (unpaired) electrons. The molecule has 23 heavy (non-hydrogen) atoms. The number of benzene rings is 2. The van der Waals surface area contributed by atoms with Crippen LogP contribution in [0, 0.1) is 0 Å². The summed E-state index contributed by atoms with van der Waals surface area (Å²) in [5.41, 5.74) is 1.46. The smallest absolute Gasteiger partial charge is 0.254 e. The normalized spacial score (nSPS) is 10.5. The zero-order chi connectivity index (χ0) is 16.2. The van der Waals surface area contributed by atoms with Crippen LogP contribution >= 0.6 is 15.9 Å². The third-order valence-corrected chi connectivity index (χ3v) is 3.83. The Hall–Kier alpha value is -2.47. The summed E-state index contributed by atoms with van der Waals surface area (Å²) in [5.74, 6) is 0.749. The molecule has 0 bridgehead atoms. The van der Waals surface area contributed by atoms with Crippen LogP contribution in [-0.2, 0) is 6.54 Å². The van der Waals surface area contributed by atoms with Gasteiger partial charge in [0, 0.05) is 22.6 Å². The van der Waals surface area contributed by atoms with E-state index in [1.807, 2.05) is 42.5 Å². The standard InChI is InChI=1S/C17H14BrN3O2/c1-21(17(22)13-7-9-14(18)10-8-13)11-15-19-20-16(23-15)12-5-3-2-4-6-12/h2-10H,11H2,1H3. The van der Waals surface area contributed by atoms with Gasteiger partial charge in [0.05, 0.1) is 6.54 Å². The number of carbonyl (C=O) groups excluding carboxylic acids is 1. The van der Waals surface area contributed by atoms with E-state index in [1.165, 1.54) is 0 Å². The lowest BCUT2D eigenvalue weighted by Crippen LogP contribution is -2.26. The van der Waals surface area contributed by atoms with E-state index in [4.69, 9.17) is 4.42 Å². The van der Waals surface area contributed by atoms with Crippen molar-refractivity contribution in [1.82, 2.24) is 15.1 Å². The summed E-state index contributed by atoms with van der Waals surface area (Å²) in [4.78, 5) is 13.9. The molecule has 3 aromatic rings. The highest BCUT2D eigenvalue weighted by Gasteiger charge is 2.15. The summed E-state index contributed by atoms with van der Waals surface area (Å²) >= 11 is 3.35. The molecule has 0 saturated carbocycles. The highest BCUT2D eigenvalue weighted by Crippen LogP contribution is 2.18. The predicted octanol–water partition coefficient (Wildman–Crippen LogP) is 3.77. The lowest BCUT2D eigenvalue weighted by atomic mass is 10.2. The molecule has 0 aliphatic rings. The molecule has 0 unspecified atom stereocenters. The fourth-order valence-corrected chi connectivity index (χ4v) is 2.37. The first-order chi connectivity index (χ1) is 11.1. The Morgan fingerprint density at radius 3 is 2.48 bits per heavy atom. The van der Waals surface area contributed by atoms with Crippen molar-refractivity contribution >= 4 is 21.8 Å². The molecule has 1 amide bonds. The highest BCUT2D eigenvalue weighted by atomic mass is 79.9. The number of nitrogens with zero attached hydrogens (tertiary/aromatic N) is 3. The van der Waals surface area contributed by atoms with Crippen LogP contribution in [0.3, 0.4) is 0 Å². The minimum atomic E-state index is -0.100. The second kappa shape index (κ2) is 6.75. The molecule has 6 heteroatoms. The van der Waals surface area contributed by atoms with Crippen molar-refractivity contribution < 1.29 is 9.21 Å². The lowest BCUT2D eigenvalue weighted by molar-refractivity contribution is 0.0773. The van der Waals surface area contributed by atoms with Gasteiger partial charge in [-0.3, -0.25) is 4.79 Å².